The first-order valence-electron chi connectivity index (χ1n) is 5.65. The molecule has 1 unspecified atom stereocenters. The molecular formula is C12H20O5. The first-order chi connectivity index (χ1) is 8.01. The Kier molecular flexibility index (Phi) is 8.01. The normalized spacial score (nSPS) is 11.7. The average molecular weight is 244 g/mol. The third-order valence-electron chi connectivity index (χ3n) is 2.54. The van der Waals surface area contributed by atoms with Gasteiger partial charge < -0.3 is 14.3 Å². The van der Waals surface area contributed by atoms with Gasteiger partial charge >= 0.3 is 11.9 Å². The van der Waals surface area contributed by atoms with Crippen molar-refractivity contribution in [3.63, 3.8) is 0 Å². The van der Waals surface area contributed by atoms with Crippen LogP contribution in [0.3, 0.4) is 0 Å². The molecule has 0 spiro atoms. The fraction of sp³-hybridized carbons (Fsp3) is 0.750. The molecule has 0 N–H and O–H groups in total. The highest BCUT2D eigenvalue weighted by molar-refractivity contribution is 5.77. The molecule has 98 valence electrons. The Morgan fingerprint density at radius 2 is 1.65 bits per heavy atom. The molecule has 0 radical (unpaired) electrons. The number of hydrogen-bond donors (Lipinski definition) is 0. The molecule has 0 amide bonds. The van der Waals surface area contributed by atoms with E-state index in [0.717, 1.165) is 0 Å². The summed E-state index contributed by atoms with van der Waals surface area (Å²) in [6.07, 6.45) is 2.21. The SMILES string of the molecule is COC(=O)CCCC(CCC(C)=O)C(=O)OC. The van der Waals surface area contributed by atoms with Crippen molar-refractivity contribution in [3.05, 3.63) is 0 Å². The molecule has 0 saturated carbocycles. The van der Waals surface area contributed by atoms with Crippen molar-refractivity contribution in [2.75, 3.05) is 14.2 Å². The van der Waals surface area contributed by atoms with Gasteiger partial charge in [0, 0.05) is 12.8 Å². The largest absolute Gasteiger partial charge is 0.469 e. The third kappa shape index (κ3) is 7.49. The van der Waals surface area contributed by atoms with Crippen LogP contribution in [-0.2, 0) is 23.9 Å². The monoisotopic (exact) mass is 244 g/mol. The summed E-state index contributed by atoms with van der Waals surface area (Å²) in [4.78, 5) is 33.2. The van der Waals surface area contributed by atoms with E-state index in [-0.39, 0.29) is 30.1 Å². The van der Waals surface area contributed by atoms with Gasteiger partial charge in [0.15, 0.2) is 0 Å². The molecule has 5 nitrogen and oxygen atoms in total. The van der Waals surface area contributed by atoms with Gasteiger partial charge in [-0.25, -0.2) is 0 Å². The number of ketones is 1. The number of carbonyl (C=O) groups excluding carboxylic acids is 3. The van der Waals surface area contributed by atoms with E-state index in [2.05, 4.69) is 9.47 Å². The molecule has 0 aliphatic rings. The van der Waals surface area contributed by atoms with Gasteiger partial charge in [0.2, 0.25) is 0 Å². The quantitative estimate of drug-likeness (QED) is 0.605. The first kappa shape index (κ1) is 15.6. The molecule has 0 bridgehead atoms. The molecule has 0 aliphatic heterocycles. The van der Waals surface area contributed by atoms with Crippen LogP contribution in [0.5, 0.6) is 0 Å². The fourth-order valence-electron chi connectivity index (χ4n) is 1.52. The summed E-state index contributed by atoms with van der Waals surface area (Å²) in [5, 5.41) is 0. The van der Waals surface area contributed by atoms with Gasteiger partial charge in [-0.3, -0.25) is 9.59 Å². The number of ether oxygens (including phenoxy) is 2. The molecule has 5 heteroatoms. The van der Waals surface area contributed by atoms with Crippen LogP contribution in [0.25, 0.3) is 0 Å². The summed E-state index contributed by atoms with van der Waals surface area (Å²) in [6.45, 7) is 1.49. The summed E-state index contributed by atoms with van der Waals surface area (Å²) in [5.74, 6) is -0.878. The molecule has 0 aliphatic carbocycles. The van der Waals surface area contributed by atoms with Crippen LogP contribution in [0.15, 0.2) is 0 Å². The van der Waals surface area contributed by atoms with E-state index >= 15 is 0 Å². The van der Waals surface area contributed by atoms with Crippen molar-refractivity contribution in [3.8, 4) is 0 Å². The smallest absolute Gasteiger partial charge is 0.308 e. The Morgan fingerprint density at radius 1 is 1.00 bits per heavy atom. The van der Waals surface area contributed by atoms with E-state index < -0.39 is 0 Å². The van der Waals surface area contributed by atoms with E-state index in [1.807, 2.05) is 0 Å². The van der Waals surface area contributed by atoms with Crippen LogP contribution in [0.4, 0.5) is 0 Å². The molecule has 0 fully saturated rings. The molecule has 0 aromatic rings. The predicted octanol–water partition coefficient (Wildman–Crippen LogP) is 1.49. The number of methoxy groups -OCH3 is 2. The maximum Gasteiger partial charge on any atom is 0.308 e. The maximum atomic E-state index is 11.4. The van der Waals surface area contributed by atoms with Gasteiger partial charge in [0.1, 0.15) is 5.78 Å². The topological polar surface area (TPSA) is 69.7 Å². The highest BCUT2D eigenvalue weighted by atomic mass is 16.5. The molecule has 1 atom stereocenters. The van der Waals surface area contributed by atoms with E-state index in [1.54, 1.807) is 0 Å². The highest BCUT2D eigenvalue weighted by Crippen LogP contribution is 2.17. The van der Waals surface area contributed by atoms with Crippen molar-refractivity contribution in [1.82, 2.24) is 0 Å². The Hall–Kier alpha value is -1.39. The zero-order valence-corrected chi connectivity index (χ0v) is 10.7. The van der Waals surface area contributed by atoms with Gasteiger partial charge in [0.25, 0.3) is 0 Å². The lowest BCUT2D eigenvalue weighted by Gasteiger charge is -2.13. The van der Waals surface area contributed by atoms with Crippen molar-refractivity contribution in [2.45, 2.75) is 39.0 Å². The van der Waals surface area contributed by atoms with Crippen LogP contribution in [0.2, 0.25) is 0 Å². The third-order valence-corrected chi connectivity index (χ3v) is 2.54. The van der Waals surface area contributed by atoms with Crippen molar-refractivity contribution in [1.29, 1.82) is 0 Å². The molecule has 0 aromatic carbocycles. The van der Waals surface area contributed by atoms with Gasteiger partial charge in [-0.2, -0.15) is 0 Å². The Morgan fingerprint density at radius 3 is 2.12 bits per heavy atom. The van der Waals surface area contributed by atoms with E-state index in [4.69, 9.17) is 0 Å². The van der Waals surface area contributed by atoms with Crippen LogP contribution in [-0.4, -0.2) is 31.9 Å². The van der Waals surface area contributed by atoms with Crippen molar-refractivity contribution < 1.29 is 23.9 Å². The lowest BCUT2D eigenvalue weighted by Crippen LogP contribution is -2.17. The predicted molar refractivity (Wildman–Crippen MR) is 61.3 cm³/mol. The van der Waals surface area contributed by atoms with E-state index in [9.17, 15) is 14.4 Å². The van der Waals surface area contributed by atoms with Crippen LogP contribution < -0.4 is 0 Å². The second-order valence-corrected chi connectivity index (χ2v) is 3.93. The lowest BCUT2D eigenvalue weighted by molar-refractivity contribution is -0.147. The number of esters is 2. The maximum absolute atomic E-state index is 11.4. The van der Waals surface area contributed by atoms with Gasteiger partial charge in [-0.1, -0.05) is 0 Å². The van der Waals surface area contributed by atoms with Crippen molar-refractivity contribution >= 4 is 17.7 Å². The number of carbonyl (C=O) groups is 3. The van der Waals surface area contributed by atoms with Crippen LogP contribution >= 0.6 is 0 Å². The molecule has 17 heavy (non-hydrogen) atoms. The van der Waals surface area contributed by atoms with Crippen LogP contribution in [0.1, 0.15) is 39.0 Å². The average Bonchev–Trinajstić information content (AvgIpc) is 2.31. The Balaban J connectivity index is 4.06. The standard InChI is InChI=1S/C12H20O5/c1-9(13)7-8-10(12(15)17-3)5-4-6-11(14)16-2/h10H,4-8H2,1-3H3. The van der Waals surface area contributed by atoms with Crippen molar-refractivity contribution in [2.24, 2.45) is 5.92 Å². The molecular weight excluding hydrogens is 224 g/mol. The fourth-order valence-corrected chi connectivity index (χ4v) is 1.52. The summed E-state index contributed by atoms with van der Waals surface area (Å²) in [5.41, 5.74) is 0. The Labute approximate surface area is 101 Å². The molecule has 0 saturated heterocycles. The summed E-state index contributed by atoms with van der Waals surface area (Å²) >= 11 is 0. The lowest BCUT2D eigenvalue weighted by atomic mass is 9.96. The minimum Gasteiger partial charge on any atom is -0.469 e. The zero-order chi connectivity index (χ0) is 13.3. The minimum absolute atomic E-state index is 0.0480. The summed E-state index contributed by atoms with van der Waals surface area (Å²) in [7, 11) is 2.65. The second-order valence-electron chi connectivity index (χ2n) is 3.93. The summed E-state index contributed by atoms with van der Waals surface area (Å²) < 4.78 is 9.17. The van der Waals surface area contributed by atoms with E-state index in [1.165, 1.54) is 21.1 Å². The Bertz CT molecular complexity index is 272. The first-order valence-corrected chi connectivity index (χ1v) is 5.65. The highest BCUT2D eigenvalue weighted by Gasteiger charge is 2.19. The second kappa shape index (κ2) is 8.73. The molecule has 0 heterocycles. The van der Waals surface area contributed by atoms with Gasteiger partial charge in [-0.15, -0.1) is 0 Å². The zero-order valence-electron chi connectivity index (χ0n) is 10.7. The minimum atomic E-state index is -0.323. The summed E-state index contributed by atoms with van der Waals surface area (Å²) in [6, 6.07) is 0. The number of Topliss-reactive ketones (excluding diaryl/α,β-unsaturated/α-hetero) is 1. The van der Waals surface area contributed by atoms with Gasteiger partial charge in [0.05, 0.1) is 20.1 Å². The molecule has 0 rings (SSSR count). The van der Waals surface area contributed by atoms with Crippen LogP contribution in [0, 0.1) is 5.92 Å². The van der Waals surface area contributed by atoms with Gasteiger partial charge in [-0.05, 0) is 26.2 Å². The molecule has 0 aromatic heterocycles. The van der Waals surface area contributed by atoms with E-state index in [0.29, 0.717) is 25.7 Å². The number of rotatable bonds is 8. The number of hydrogen-bond acceptors (Lipinski definition) is 5.